The molecule has 8 bridgehead atoms. The Morgan fingerprint density at radius 1 is 0.635 bits per heavy atom. The Bertz CT molecular complexity index is 3260. The first kappa shape index (κ1) is 53.3. The highest BCUT2D eigenvalue weighted by atomic mass is 19.4. The first-order chi connectivity index (χ1) is 34.4. The average Bonchev–Trinajstić information content (AvgIpc) is 3.98. The number of H-pyrrole nitrogens is 2. The lowest BCUT2D eigenvalue weighted by Crippen LogP contribution is -2.40. The van der Waals surface area contributed by atoms with Crippen molar-refractivity contribution in [2.75, 3.05) is 6.61 Å². The highest BCUT2D eigenvalue weighted by Crippen LogP contribution is 2.46. The van der Waals surface area contributed by atoms with Crippen molar-refractivity contribution < 1.29 is 71.8 Å². The van der Waals surface area contributed by atoms with Gasteiger partial charge in [-0.15, -0.1) is 0 Å². The van der Waals surface area contributed by atoms with Gasteiger partial charge in [0.1, 0.15) is 0 Å². The van der Waals surface area contributed by atoms with Gasteiger partial charge in [-0.05, 0) is 110 Å². The minimum Gasteiger partial charge on any atom is -0.466 e. The third-order valence-electron chi connectivity index (χ3n) is 14.0. The molecule has 3 aromatic heterocycles. The Morgan fingerprint density at radius 3 is 1.66 bits per heavy atom. The molecule has 4 atom stereocenters. The number of benzene rings is 2. The van der Waals surface area contributed by atoms with Crippen molar-refractivity contribution in [2.24, 2.45) is 4.99 Å². The van der Waals surface area contributed by atoms with E-state index < -0.39 is 95.2 Å². The molecule has 10 nitrogen and oxygen atoms in total. The molecule has 0 saturated heterocycles. The summed E-state index contributed by atoms with van der Waals surface area (Å²) in [4.78, 5) is 63.4. The summed E-state index contributed by atoms with van der Waals surface area (Å²) in [7, 11) is 0. The van der Waals surface area contributed by atoms with Crippen molar-refractivity contribution in [1.29, 1.82) is 0 Å². The van der Waals surface area contributed by atoms with Crippen LogP contribution in [0.25, 0.3) is 22.1 Å². The summed E-state index contributed by atoms with van der Waals surface area (Å²) >= 11 is 0. The lowest BCUT2D eigenvalue weighted by Gasteiger charge is -2.27. The van der Waals surface area contributed by atoms with Crippen molar-refractivity contribution >= 4 is 45.6 Å². The highest BCUT2D eigenvalue weighted by Gasteiger charge is 2.43. The van der Waals surface area contributed by atoms with Gasteiger partial charge in [0, 0.05) is 75.5 Å². The molecular formula is C52H46F12N6O4. The number of ether oxygens (including phenoxy) is 1. The van der Waals surface area contributed by atoms with E-state index in [1.54, 1.807) is 45.9 Å². The standard InChI is InChI=1S/C52H46F12N6O4/c1-8-34-22(2)36-19-41-42(26(6)65-20-28-11-30(49(53,54)55)15-31(12-28)50(56,57)58)24(4)38(67-41)17-37-23(3)35(9-10-74-27(7)71)45(68-37)44-46-43(25(5)39(69-46)18-40(34)66-36)47(72)70(48(44)73)21-29-13-32(51(59,60)61)16-33(14-29)52(62,63)64/h11-19,22-23,34-35,67,69H,8-10,20-21H2,1-7H3/b36-19?,37-17?,38-17?,39-18?,40-18?,41-19?,45-44?,65-26-/t22-,23+,34-,35+/m1/s1. The Balaban J connectivity index is 1.40. The number of halogens is 12. The van der Waals surface area contributed by atoms with E-state index in [2.05, 4.69) is 15.0 Å². The van der Waals surface area contributed by atoms with Crippen molar-refractivity contribution in [2.45, 2.75) is 123 Å². The number of aryl methyl sites for hydroxylation is 2. The molecule has 3 aliphatic rings. The van der Waals surface area contributed by atoms with Gasteiger partial charge >= 0.3 is 30.7 Å². The van der Waals surface area contributed by atoms with Crippen LogP contribution in [0.5, 0.6) is 0 Å². The van der Waals surface area contributed by atoms with Gasteiger partial charge in [-0.3, -0.25) is 34.2 Å². The normalized spacial score (nSPS) is 18.6. The third-order valence-corrected chi connectivity index (χ3v) is 14.0. The van der Waals surface area contributed by atoms with Crippen LogP contribution in [0.2, 0.25) is 0 Å². The zero-order valence-corrected chi connectivity index (χ0v) is 40.5. The predicted molar refractivity (Wildman–Crippen MR) is 247 cm³/mol. The lowest BCUT2D eigenvalue weighted by atomic mass is 9.85. The minimum absolute atomic E-state index is 0.0112. The van der Waals surface area contributed by atoms with Crippen LogP contribution < -0.4 is 0 Å². The molecule has 2 N–H and O–H groups in total. The first-order valence-electron chi connectivity index (χ1n) is 23.2. The number of alkyl halides is 12. The van der Waals surface area contributed by atoms with Crippen LogP contribution in [-0.4, -0.2) is 54.9 Å². The summed E-state index contributed by atoms with van der Waals surface area (Å²) in [6, 6.07) is 7.14. The van der Waals surface area contributed by atoms with Gasteiger partial charge in [0.15, 0.2) is 0 Å². The van der Waals surface area contributed by atoms with E-state index in [-0.39, 0.29) is 76.2 Å². The van der Waals surface area contributed by atoms with E-state index in [1.165, 1.54) is 6.92 Å². The van der Waals surface area contributed by atoms with E-state index in [4.69, 9.17) is 14.7 Å². The minimum atomic E-state index is -5.24. The van der Waals surface area contributed by atoms with Gasteiger partial charge in [0.25, 0.3) is 11.8 Å². The number of esters is 1. The van der Waals surface area contributed by atoms with Crippen molar-refractivity contribution in [3.63, 3.8) is 0 Å². The van der Waals surface area contributed by atoms with Gasteiger partial charge in [-0.1, -0.05) is 20.8 Å². The van der Waals surface area contributed by atoms with Gasteiger partial charge in [0.2, 0.25) is 0 Å². The maximum atomic E-state index is 15.1. The molecule has 0 unspecified atom stereocenters. The molecule has 2 aromatic carbocycles. The Kier molecular flexibility index (Phi) is 13.7. The smallest absolute Gasteiger partial charge is 0.416 e. The second-order valence-corrected chi connectivity index (χ2v) is 18.8. The topological polar surface area (TPSA) is 133 Å². The predicted octanol–water partition coefficient (Wildman–Crippen LogP) is 14.0. The number of carbonyl (C=O) groups excluding carboxylic acids is 3. The number of hydrogen-bond donors (Lipinski definition) is 2. The molecule has 74 heavy (non-hydrogen) atoms. The molecule has 2 amide bonds. The second kappa shape index (κ2) is 19.0. The van der Waals surface area contributed by atoms with E-state index in [0.29, 0.717) is 80.3 Å². The number of hydrogen-bond acceptors (Lipinski definition) is 7. The van der Waals surface area contributed by atoms with Gasteiger partial charge < -0.3 is 14.7 Å². The Morgan fingerprint density at radius 2 is 1.12 bits per heavy atom. The highest BCUT2D eigenvalue weighted by molar-refractivity contribution is 6.23. The summed E-state index contributed by atoms with van der Waals surface area (Å²) in [6.07, 6.45) is -20.1. The molecule has 0 spiro atoms. The van der Waals surface area contributed by atoms with Crippen molar-refractivity contribution in [3.05, 3.63) is 139 Å². The number of carbonyl (C=O) groups is 3. The summed E-state index contributed by atoms with van der Waals surface area (Å²) in [6.45, 7) is 9.82. The SMILES string of the molecule is CC[C@H]1c2cc3[nH]c4c(c5nc(cc6[nH]c(cc(n2)[C@@H]1C)c(/C(C)=N\Cc1cc(C(F)(F)F)cc(C(F)(F)F)c1)c6C)[C@@H](C)[C@@H]5CCOC(C)=O)C(=O)N(Cc1cc(C(F)(F)F)cc(C(F)(F)F)c1)C(=O)c4c3C. The van der Waals surface area contributed by atoms with E-state index in [0.717, 1.165) is 0 Å². The summed E-state index contributed by atoms with van der Waals surface area (Å²) in [5, 5.41) is 0. The number of aromatic nitrogens is 4. The number of nitrogens with zero attached hydrogens (tertiary/aromatic N) is 4. The van der Waals surface area contributed by atoms with Crippen LogP contribution in [-0.2, 0) is 47.3 Å². The first-order valence-corrected chi connectivity index (χ1v) is 23.2. The molecule has 6 heterocycles. The van der Waals surface area contributed by atoms with E-state index in [9.17, 15) is 62.3 Å². The molecule has 0 radical (unpaired) electrons. The zero-order chi connectivity index (χ0) is 54.3. The maximum absolute atomic E-state index is 15.1. The lowest BCUT2D eigenvalue weighted by molar-refractivity contribution is -0.144. The fraction of sp³-hybridized carbons (Fsp3) is 0.385. The molecule has 0 aliphatic carbocycles. The fourth-order valence-electron chi connectivity index (χ4n) is 10.1. The Hall–Kier alpha value is -7.00. The number of amides is 2. The number of imide groups is 1. The summed E-state index contributed by atoms with van der Waals surface area (Å²) in [5.41, 5.74) is -3.57. The van der Waals surface area contributed by atoms with Crippen LogP contribution in [0.4, 0.5) is 52.7 Å². The zero-order valence-electron chi connectivity index (χ0n) is 40.5. The van der Waals surface area contributed by atoms with Crippen molar-refractivity contribution in [3.8, 4) is 0 Å². The molecular weight excluding hydrogens is 1000 g/mol. The van der Waals surface area contributed by atoms with Crippen molar-refractivity contribution in [1.82, 2.24) is 24.8 Å². The van der Waals surface area contributed by atoms with Crippen LogP contribution in [0, 0.1) is 13.8 Å². The van der Waals surface area contributed by atoms with Crippen LogP contribution in [0.15, 0.2) is 59.6 Å². The number of fused-ring (bicyclic) bond motifs is 8. The fourth-order valence-corrected chi connectivity index (χ4v) is 10.1. The number of rotatable bonds is 9. The number of nitrogens with one attached hydrogen (secondary N) is 2. The number of aliphatic imine (C=N–C) groups is 1. The molecule has 8 rings (SSSR count). The molecule has 3 aliphatic heterocycles. The quantitative estimate of drug-likeness (QED) is 0.0654. The van der Waals surface area contributed by atoms with Gasteiger partial charge in [-0.25, -0.2) is 0 Å². The average molecular weight is 1050 g/mol. The largest absolute Gasteiger partial charge is 0.466 e. The van der Waals surface area contributed by atoms with E-state index in [1.807, 2.05) is 13.8 Å². The van der Waals surface area contributed by atoms with Crippen LogP contribution in [0.3, 0.4) is 0 Å². The maximum Gasteiger partial charge on any atom is 0.416 e. The third kappa shape index (κ3) is 10.1. The van der Waals surface area contributed by atoms with Crippen LogP contribution >= 0.6 is 0 Å². The summed E-state index contributed by atoms with van der Waals surface area (Å²) < 4.78 is 173. The molecule has 392 valence electrons. The Labute approximate surface area is 414 Å². The van der Waals surface area contributed by atoms with Gasteiger partial charge in [0.05, 0.1) is 64.3 Å². The molecule has 0 saturated carbocycles. The molecule has 0 fully saturated rings. The summed E-state index contributed by atoms with van der Waals surface area (Å²) in [5.74, 6) is -4.66. The monoisotopic (exact) mass is 1050 g/mol. The van der Waals surface area contributed by atoms with Crippen LogP contribution in [0.1, 0.15) is 165 Å². The second-order valence-electron chi connectivity index (χ2n) is 18.8. The van der Waals surface area contributed by atoms with E-state index >= 15 is 4.79 Å². The molecule has 5 aromatic rings. The molecule has 22 heteroatoms. The van der Waals surface area contributed by atoms with Gasteiger partial charge in [-0.2, -0.15) is 52.7 Å². The number of aromatic amines is 2.